The maximum absolute atomic E-state index is 12.7. The minimum atomic E-state index is -4.66. The summed E-state index contributed by atoms with van der Waals surface area (Å²) in [6, 6.07) is 3.77. The predicted molar refractivity (Wildman–Crippen MR) is 71.3 cm³/mol. The summed E-state index contributed by atoms with van der Waals surface area (Å²) in [7, 11) is 0. The van der Waals surface area contributed by atoms with Gasteiger partial charge in [-0.05, 0) is 18.2 Å². The van der Waals surface area contributed by atoms with Crippen LogP contribution in [0.4, 0.5) is 13.2 Å². The number of carbonyl (C=O) groups is 1. The molecular formula is C13H10ClF3N2O3. The number of nitrogens with zero attached hydrogens (tertiary/aromatic N) is 1. The number of hydrogen-bond acceptors (Lipinski definition) is 3. The first-order valence-corrected chi connectivity index (χ1v) is 6.41. The predicted octanol–water partition coefficient (Wildman–Crippen LogP) is 2.43. The smallest absolute Gasteiger partial charge is 0.417 e. The Balaban J connectivity index is 2.13. The zero-order valence-electron chi connectivity index (χ0n) is 11.0. The molecule has 9 heteroatoms. The molecular weight excluding hydrogens is 325 g/mol. The molecule has 0 fully saturated rings. The van der Waals surface area contributed by atoms with Crippen molar-refractivity contribution in [2.45, 2.75) is 19.3 Å². The number of halogens is 4. The van der Waals surface area contributed by atoms with E-state index < -0.39 is 34.8 Å². The van der Waals surface area contributed by atoms with Crippen LogP contribution in [0.25, 0.3) is 0 Å². The Kier molecular flexibility index (Phi) is 4.60. The molecule has 1 amide bonds. The van der Waals surface area contributed by atoms with Crippen LogP contribution in [-0.2, 0) is 24.1 Å². The van der Waals surface area contributed by atoms with Crippen molar-refractivity contribution in [2.75, 3.05) is 0 Å². The first-order chi connectivity index (χ1) is 10.3. The molecule has 0 bridgehead atoms. The summed E-state index contributed by atoms with van der Waals surface area (Å²) in [6.07, 6.45) is -2.69. The van der Waals surface area contributed by atoms with E-state index in [0.717, 1.165) is 0 Å². The standard InChI is InChI=1S/C13H10ClF3N2O3/c14-10-4-8(13(15,16)17)6-19(12(10)21)7-11(20)18-5-9-2-1-3-22-9/h1-4,6H,5,7H2,(H,18,20). The zero-order valence-corrected chi connectivity index (χ0v) is 11.7. The molecule has 0 spiro atoms. The lowest BCUT2D eigenvalue weighted by Gasteiger charge is -2.11. The Morgan fingerprint density at radius 2 is 2.14 bits per heavy atom. The van der Waals surface area contributed by atoms with Gasteiger partial charge in [0.1, 0.15) is 17.3 Å². The van der Waals surface area contributed by atoms with Crippen molar-refractivity contribution < 1.29 is 22.4 Å². The van der Waals surface area contributed by atoms with Gasteiger partial charge in [-0.3, -0.25) is 9.59 Å². The van der Waals surface area contributed by atoms with Gasteiger partial charge in [-0.1, -0.05) is 11.6 Å². The van der Waals surface area contributed by atoms with Crippen molar-refractivity contribution in [2.24, 2.45) is 0 Å². The van der Waals surface area contributed by atoms with E-state index in [1.807, 2.05) is 0 Å². The van der Waals surface area contributed by atoms with Gasteiger partial charge in [0.2, 0.25) is 5.91 Å². The molecule has 0 saturated heterocycles. The van der Waals surface area contributed by atoms with Crippen LogP contribution in [0.1, 0.15) is 11.3 Å². The van der Waals surface area contributed by atoms with Gasteiger partial charge < -0.3 is 14.3 Å². The number of carbonyl (C=O) groups excluding carboxylic acids is 1. The van der Waals surface area contributed by atoms with Crippen LogP contribution in [0.2, 0.25) is 5.02 Å². The summed E-state index contributed by atoms with van der Waals surface area (Å²) in [5.41, 5.74) is -1.97. The number of nitrogens with one attached hydrogen (secondary N) is 1. The van der Waals surface area contributed by atoms with E-state index in [9.17, 15) is 22.8 Å². The SMILES string of the molecule is O=C(Cn1cc(C(F)(F)F)cc(Cl)c1=O)NCc1ccco1. The van der Waals surface area contributed by atoms with Gasteiger partial charge in [0, 0.05) is 6.20 Å². The Morgan fingerprint density at radius 1 is 1.41 bits per heavy atom. The number of hydrogen-bond donors (Lipinski definition) is 1. The highest BCUT2D eigenvalue weighted by molar-refractivity contribution is 6.30. The lowest BCUT2D eigenvalue weighted by Crippen LogP contribution is -2.32. The van der Waals surface area contributed by atoms with E-state index in [1.54, 1.807) is 12.1 Å². The van der Waals surface area contributed by atoms with E-state index in [1.165, 1.54) is 6.26 Å². The number of amides is 1. The topological polar surface area (TPSA) is 64.2 Å². The van der Waals surface area contributed by atoms with Crippen molar-refractivity contribution in [3.05, 3.63) is 57.4 Å². The minimum Gasteiger partial charge on any atom is -0.467 e. The Hall–Kier alpha value is -2.22. The van der Waals surface area contributed by atoms with Crippen molar-refractivity contribution in [3.8, 4) is 0 Å². The molecule has 2 aromatic heterocycles. The second kappa shape index (κ2) is 6.27. The normalized spacial score (nSPS) is 11.5. The monoisotopic (exact) mass is 334 g/mol. The van der Waals surface area contributed by atoms with Gasteiger partial charge in [0.05, 0.1) is 18.4 Å². The molecule has 2 heterocycles. The lowest BCUT2D eigenvalue weighted by molar-refractivity contribution is -0.138. The van der Waals surface area contributed by atoms with Crippen LogP contribution in [0, 0.1) is 0 Å². The highest BCUT2D eigenvalue weighted by Gasteiger charge is 2.32. The third-order valence-corrected chi connectivity index (χ3v) is 2.99. The Labute approximate surface area is 127 Å². The van der Waals surface area contributed by atoms with Gasteiger partial charge in [-0.2, -0.15) is 13.2 Å². The fourth-order valence-electron chi connectivity index (χ4n) is 1.68. The molecule has 22 heavy (non-hydrogen) atoms. The first kappa shape index (κ1) is 16.2. The summed E-state index contributed by atoms with van der Waals surface area (Å²) in [5, 5.41) is 1.82. The first-order valence-electron chi connectivity index (χ1n) is 6.03. The number of pyridine rings is 1. The van der Waals surface area contributed by atoms with Gasteiger partial charge >= 0.3 is 6.18 Å². The summed E-state index contributed by atoms with van der Waals surface area (Å²) in [6.45, 7) is -0.517. The molecule has 1 N–H and O–H groups in total. The average molecular weight is 335 g/mol. The lowest BCUT2D eigenvalue weighted by atomic mass is 10.2. The van der Waals surface area contributed by atoms with Crippen molar-refractivity contribution in [1.82, 2.24) is 9.88 Å². The molecule has 0 aliphatic rings. The molecule has 0 aromatic carbocycles. The largest absolute Gasteiger partial charge is 0.467 e. The fourth-order valence-corrected chi connectivity index (χ4v) is 1.91. The van der Waals surface area contributed by atoms with Crippen molar-refractivity contribution in [3.63, 3.8) is 0 Å². The molecule has 0 saturated carbocycles. The van der Waals surface area contributed by atoms with Gasteiger partial charge in [-0.15, -0.1) is 0 Å². The third-order valence-electron chi connectivity index (χ3n) is 2.72. The van der Waals surface area contributed by atoms with Crippen molar-refractivity contribution >= 4 is 17.5 Å². The van der Waals surface area contributed by atoms with E-state index >= 15 is 0 Å². The van der Waals surface area contributed by atoms with Gasteiger partial charge in [0.25, 0.3) is 5.56 Å². The van der Waals surface area contributed by atoms with E-state index in [4.69, 9.17) is 16.0 Å². The number of alkyl halides is 3. The number of aromatic nitrogens is 1. The molecule has 0 aliphatic heterocycles. The molecule has 5 nitrogen and oxygen atoms in total. The number of furan rings is 1. The van der Waals surface area contributed by atoms with Crippen LogP contribution < -0.4 is 10.9 Å². The summed E-state index contributed by atoms with van der Waals surface area (Å²) in [4.78, 5) is 23.4. The van der Waals surface area contributed by atoms with E-state index in [2.05, 4.69) is 5.32 Å². The molecule has 0 aliphatic carbocycles. The second-order valence-corrected chi connectivity index (χ2v) is 4.77. The second-order valence-electron chi connectivity index (χ2n) is 4.36. The molecule has 118 valence electrons. The third kappa shape index (κ3) is 3.91. The van der Waals surface area contributed by atoms with E-state index in [-0.39, 0.29) is 6.54 Å². The van der Waals surface area contributed by atoms with Gasteiger partial charge in [0.15, 0.2) is 0 Å². The molecule has 2 aromatic rings. The quantitative estimate of drug-likeness (QED) is 0.934. The Bertz CT molecular complexity index is 723. The maximum atomic E-state index is 12.7. The average Bonchev–Trinajstić information content (AvgIpc) is 2.93. The summed E-state index contributed by atoms with van der Waals surface area (Å²) < 4.78 is 43.6. The highest BCUT2D eigenvalue weighted by atomic mass is 35.5. The molecule has 0 atom stereocenters. The maximum Gasteiger partial charge on any atom is 0.417 e. The van der Waals surface area contributed by atoms with Crippen LogP contribution in [0.5, 0.6) is 0 Å². The Morgan fingerprint density at radius 3 is 2.73 bits per heavy atom. The molecule has 2 rings (SSSR count). The minimum absolute atomic E-state index is 0.0628. The van der Waals surface area contributed by atoms with Crippen LogP contribution >= 0.6 is 11.6 Å². The van der Waals surface area contributed by atoms with Crippen molar-refractivity contribution in [1.29, 1.82) is 0 Å². The summed E-state index contributed by atoms with van der Waals surface area (Å²) in [5.74, 6) is -0.170. The fraction of sp³-hybridized carbons (Fsp3) is 0.231. The molecule has 0 unspecified atom stereocenters. The number of rotatable bonds is 4. The molecule has 0 radical (unpaired) electrons. The summed E-state index contributed by atoms with van der Waals surface area (Å²) >= 11 is 5.49. The van der Waals surface area contributed by atoms with Gasteiger partial charge in [-0.25, -0.2) is 0 Å². The van der Waals surface area contributed by atoms with Crippen LogP contribution in [-0.4, -0.2) is 10.5 Å². The van der Waals surface area contributed by atoms with Crippen LogP contribution in [0.15, 0.2) is 39.9 Å². The van der Waals surface area contributed by atoms with Crippen LogP contribution in [0.3, 0.4) is 0 Å². The zero-order chi connectivity index (χ0) is 16.3. The highest BCUT2D eigenvalue weighted by Crippen LogP contribution is 2.29. The van der Waals surface area contributed by atoms with E-state index in [0.29, 0.717) is 22.6 Å².